The Bertz CT molecular complexity index is 725. The number of aromatic nitrogens is 1. The van der Waals surface area contributed by atoms with E-state index in [-0.39, 0.29) is 11.9 Å². The monoisotopic (exact) mass is 381 g/mol. The summed E-state index contributed by atoms with van der Waals surface area (Å²) in [5, 5.41) is 2.85. The molecule has 0 radical (unpaired) electrons. The molecule has 1 aromatic heterocycles. The summed E-state index contributed by atoms with van der Waals surface area (Å²) in [7, 11) is -0.247. The lowest BCUT2D eigenvalue weighted by molar-refractivity contribution is -0.116. The minimum absolute atomic E-state index is 0.0455. The Morgan fingerprint density at radius 3 is 2.81 bits per heavy atom. The third kappa shape index (κ3) is 4.40. The molecule has 4 heterocycles. The fourth-order valence-corrected chi connectivity index (χ4v) is 4.96. The van der Waals surface area contributed by atoms with Crippen molar-refractivity contribution in [1.29, 1.82) is 0 Å². The molecule has 1 amide bonds. The lowest BCUT2D eigenvalue weighted by atomic mass is 9.95. The van der Waals surface area contributed by atoms with Crippen LogP contribution in [0.5, 0.6) is 0 Å². The van der Waals surface area contributed by atoms with Crippen LogP contribution in [0.15, 0.2) is 24.5 Å². The molecule has 0 aromatic carbocycles. The molecule has 0 saturated carbocycles. The van der Waals surface area contributed by atoms with Crippen molar-refractivity contribution in [2.24, 2.45) is 5.92 Å². The zero-order valence-electron chi connectivity index (χ0n) is 15.3. The molecule has 144 valence electrons. The van der Waals surface area contributed by atoms with Crippen LogP contribution in [-0.2, 0) is 15.0 Å². The second-order valence-electron chi connectivity index (χ2n) is 7.24. The highest BCUT2D eigenvalue weighted by Gasteiger charge is 2.39. The maximum atomic E-state index is 12.5. The second kappa shape index (κ2) is 7.99. The summed E-state index contributed by atoms with van der Waals surface area (Å²) in [6, 6.07) is 3.76. The maximum Gasteiger partial charge on any atom is 0.281 e. The zero-order chi connectivity index (χ0) is 18.7. The van der Waals surface area contributed by atoms with Crippen molar-refractivity contribution in [3.8, 4) is 0 Å². The number of nitrogens with one attached hydrogen (secondary N) is 1. The summed E-state index contributed by atoms with van der Waals surface area (Å²) >= 11 is 0. The number of fused-ring (bicyclic) bond motifs is 4. The average molecular weight is 382 g/mol. The summed E-state index contributed by atoms with van der Waals surface area (Å²) < 4.78 is 27.9. The number of pyridine rings is 1. The lowest BCUT2D eigenvalue weighted by Gasteiger charge is -2.35. The third-order valence-corrected chi connectivity index (χ3v) is 7.03. The van der Waals surface area contributed by atoms with Gasteiger partial charge in [0.05, 0.1) is 11.9 Å². The molecule has 3 aliphatic heterocycles. The topological polar surface area (TPSA) is 85.9 Å². The fraction of sp³-hybridized carbons (Fsp3) is 0.647. The molecule has 0 unspecified atom stereocenters. The summed E-state index contributed by atoms with van der Waals surface area (Å²) in [5.41, 5.74) is 0.693. The second-order valence-corrected chi connectivity index (χ2v) is 9.38. The van der Waals surface area contributed by atoms with Gasteiger partial charge in [-0.15, -0.1) is 0 Å². The summed E-state index contributed by atoms with van der Waals surface area (Å²) in [5.74, 6) is 0.278. The van der Waals surface area contributed by atoms with Crippen molar-refractivity contribution in [1.82, 2.24) is 18.5 Å². The van der Waals surface area contributed by atoms with E-state index in [1.54, 1.807) is 36.9 Å². The van der Waals surface area contributed by atoms with Gasteiger partial charge < -0.3 is 5.32 Å². The molecule has 3 aliphatic rings. The van der Waals surface area contributed by atoms with Gasteiger partial charge in [0.2, 0.25) is 5.91 Å². The Morgan fingerprint density at radius 1 is 1.31 bits per heavy atom. The number of carbonyl (C=O) groups is 1. The molecular formula is C17H27N5O3S. The van der Waals surface area contributed by atoms with Gasteiger partial charge in [-0.2, -0.15) is 17.0 Å². The molecule has 3 saturated heterocycles. The van der Waals surface area contributed by atoms with Gasteiger partial charge in [-0.05, 0) is 30.9 Å². The molecule has 26 heavy (non-hydrogen) atoms. The van der Waals surface area contributed by atoms with Crippen LogP contribution in [0, 0.1) is 5.92 Å². The van der Waals surface area contributed by atoms with Crippen LogP contribution >= 0.6 is 0 Å². The SMILES string of the molecule is CN(C)S(=O)(=O)N1C[C@@H]2CC[C@H](C1)N(CCC(=O)Nc1cccnc1)C2. The van der Waals surface area contributed by atoms with E-state index in [0.29, 0.717) is 37.7 Å². The van der Waals surface area contributed by atoms with E-state index in [4.69, 9.17) is 0 Å². The summed E-state index contributed by atoms with van der Waals surface area (Å²) in [6.07, 6.45) is 5.70. The standard InChI is InChI=1S/C17H27N5O3S/c1-20(2)26(24,25)22-12-14-5-6-16(13-22)21(11-14)9-7-17(23)19-15-4-3-8-18-10-15/h3-4,8,10,14,16H,5-7,9,11-13H2,1-2H3,(H,19,23)/t14-,16-/m1/s1. The maximum absolute atomic E-state index is 12.5. The fourth-order valence-electron chi connectivity index (χ4n) is 3.73. The molecule has 2 bridgehead atoms. The Labute approximate surface area is 155 Å². The highest BCUT2D eigenvalue weighted by Crippen LogP contribution is 2.29. The van der Waals surface area contributed by atoms with Crippen LogP contribution in [0.1, 0.15) is 19.3 Å². The number of piperidine rings is 1. The molecule has 0 spiro atoms. The number of hydrogen-bond acceptors (Lipinski definition) is 5. The minimum atomic E-state index is -3.39. The number of anilines is 1. The predicted octanol–water partition coefficient (Wildman–Crippen LogP) is 0.613. The molecule has 9 heteroatoms. The van der Waals surface area contributed by atoms with Gasteiger partial charge in [0.15, 0.2) is 0 Å². The van der Waals surface area contributed by atoms with Crippen molar-refractivity contribution in [2.75, 3.05) is 45.6 Å². The summed E-state index contributed by atoms with van der Waals surface area (Å²) in [6.45, 7) is 2.56. The van der Waals surface area contributed by atoms with Crippen LogP contribution in [0.4, 0.5) is 5.69 Å². The van der Waals surface area contributed by atoms with Crippen molar-refractivity contribution in [3.63, 3.8) is 0 Å². The molecule has 4 rings (SSSR count). The van der Waals surface area contributed by atoms with Crippen molar-refractivity contribution < 1.29 is 13.2 Å². The molecule has 2 atom stereocenters. The van der Waals surface area contributed by atoms with Crippen LogP contribution < -0.4 is 5.32 Å². The van der Waals surface area contributed by atoms with Crippen molar-refractivity contribution in [3.05, 3.63) is 24.5 Å². The van der Waals surface area contributed by atoms with Gasteiger partial charge in [0.1, 0.15) is 0 Å². The number of rotatable bonds is 6. The van der Waals surface area contributed by atoms with Gasteiger partial charge in [-0.25, -0.2) is 0 Å². The van der Waals surface area contributed by atoms with Crippen molar-refractivity contribution in [2.45, 2.75) is 25.3 Å². The highest BCUT2D eigenvalue weighted by molar-refractivity contribution is 7.86. The molecule has 3 fully saturated rings. The normalized spacial score (nSPS) is 24.6. The highest BCUT2D eigenvalue weighted by atomic mass is 32.2. The number of carbonyl (C=O) groups excluding carboxylic acids is 1. The molecule has 8 nitrogen and oxygen atoms in total. The van der Waals surface area contributed by atoms with Crippen LogP contribution in [0.3, 0.4) is 0 Å². The largest absolute Gasteiger partial charge is 0.325 e. The Balaban J connectivity index is 1.58. The Morgan fingerprint density at radius 2 is 2.12 bits per heavy atom. The van der Waals surface area contributed by atoms with Crippen LogP contribution in [-0.4, -0.2) is 79.1 Å². The van der Waals surface area contributed by atoms with Crippen LogP contribution in [0.2, 0.25) is 0 Å². The first kappa shape index (κ1) is 19.2. The van der Waals surface area contributed by atoms with E-state index in [1.807, 2.05) is 6.07 Å². The first-order chi connectivity index (χ1) is 12.4. The van der Waals surface area contributed by atoms with Crippen LogP contribution in [0.25, 0.3) is 0 Å². The van der Waals surface area contributed by atoms with Gasteiger partial charge >= 0.3 is 0 Å². The molecule has 0 aliphatic carbocycles. The third-order valence-electron chi connectivity index (χ3n) is 5.15. The lowest BCUT2D eigenvalue weighted by Crippen LogP contribution is -2.46. The minimum Gasteiger partial charge on any atom is -0.325 e. The first-order valence-corrected chi connectivity index (χ1v) is 10.4. The van der Waals surface area contributed by atoms with Gasteiger partial charge in [0.25, 0.3) is 10.2 Å². The van der Waals surface area contributed by atoms with E-state index in [2.05, 4.69) is 15.2 Å². The molecular weight excluding hydrogens is 354 g/mol. The van der Waals surface area contributed by atoms with Gasteiger partial charge in [-0.1, -0.05) is 0 Å². The first-order valence-electron chi connectivity index (χ1n) is 8.98. The smallest absolute Gasteiger partial charge is 0.281 e. The average Bonchev–Trinajstić information content (AvgIpc) is 2.93. The van der Waals surface area contributed by atoms with E-state index in [9.17, 15) is 13.2 Å². The molecule has 1 aromatic rings. The number of amides is 1. The quantitative estimate of drug-likeness (QED) is 0.780. The summed E-state index contributed by atoms with van der Waals surface area (Å²) in [4.78, 5) is 18.4. The van der Waals surface area contributed by atoms with Gasteiger partial charge in [-0.3, -0.25) is 14.7 Å². The Hall–Kier alpha value is -1.55. The van der Waals surface area contributed by atoms with E-state index in [1.165, 1.54) is 4.31 Å². The zero-order valence-corrected chi connectivity index (χ0v) is 16.2. The van der Waals surface area contributed by atoms with Gasteiger partial charge in [0, 0.05) is 58.9 Å². The molecule has 1 N–H and O–H groups in total. The van der Waals surface area contributed by atoms with Crippen molar-refractivity contribution >= 4 is 21.8 Å². The number of hydrogen-bond donors (Lipinski definition) is 1. The Kier molecular flexibility index (Phi) is 5.91. The van der Waals surface area contributed by atoms with E-state index >= 15 is 0 Å². The predicted molar refractivity (Wildman–Crippen MR) is 99.7 cm³/mol. The van der Waals surface area contributed by atoms with E-state index < -0.39 is 10.2 Å². The number of nitrogens with zero attached hydrogens (tertiary/aromatic N) is 4. The van der Waals surface area contributed by atoms with E-state index in [0.717, 1.165) is 19.4 Å².